The lowest BCUT2D eigenvalue weighted by atomic mass is 9.85. The number of phenolic OH excluding ortho intramolecular Hbond substituents is 2. The molecule has 2 N–H and O–H groups in total. The van der Waals surface area contributed by atoms with Gasteiger partial charge in [-0.3, -0.25) is 0 Å². The van der Waals surface area contributed by atoms with Crippen molar-refractivity contribution in [3.05, 3.63) is 65.2 Å². The maximum atomic E-state index is 10.7. The lowest BCUT2D eigenvalue weighted by molar-refractivity contribution is 0.182. The molecule has 0 radical (unpaired) electrons. The number of rotatable bonds is 2. The van der Waals surface area contributed by atoms with Gasteiger partial charge in [-0.25, -0.2) is 0 Å². The van der Waals surface area contributed by atoms with Crippen LogP contribution >= 0.6 is 0 Å². The summed E-state index contributed by atoms with van der Waals surface area (Å²) in [5, 5.41) is 22.7. The van der Waals surface area contributed by atoms with E-state index in [9.17, 15) is 10.2 Å². The van der Waals surface area contributed by atoms with Crippen molar-refractivity contribution in [1.82, 2.24) is 0 Å². The molecule has 3 aromatic carbocycles. The Morgan fingerprint density at radius 3 is 2.17 bits per heavy atom. The smallest absolute Gasteiger partial charge is 0.127 e. The van der Waals surface area contributed by atoms with Crippen LogP contribution in [0.1, 0.15) is 23.1 Å². The fraction of sp³-hybridized carbons (Fsp3) is 0.238. The zero-order valence-corrected chi connectivity index (χ0v) is 13.6. The summed E-state index contributed by atoms with van der Waals surface area (Å²) in [5.74, 6) is 1.42. The summed E-state index contributed by atoms with van der Waals surface area (Å²) in [4.78, 5) is 0. The quantitative estimate of drug-likeness (QED) is 0.684. The number of fused-ring (bicyclic) bond motifs is 2. The van der Waals surface area contributed by atoms with E-state index in [0.29, 0.717) is 29.4 Å². The Hall–Kier alpha value is -2.68. The summed E-state index contributed by atoms with van der Waals surface area (Å²) < 4.78 is 6.08. The van der Waals surface area contributed by atoms with E-state index < -0.39 is 0 Å². The molecule has 0 spiro atoms. The Morgan fingerprint density at radius 1 is 0.875 bits per heavy atom. The van der Waals surface area contributed by atoms with Gasteiger partial charge in [0.15, 0.2) is 0 Å². The molecule has 122 valence electrons. The largest absolute Gasteiger partial charge is 0.507 e. The minimum Gasteiger partial charge on any atom is -0.507 e. The van der Waals surface area contributed by atoms with Crippen LogP contribution in [-0.2, 0) is 12.8 Å². The number of benzene rings is 3. The van der Waals surface area contributed by atoms with Crippen LogP contribution in [0.15, 0.2) is 48.5 Å². The molecule has 0 heterocycles. The van der Waals surface area contributed by atoms with Crippen LogP contribution in [0.2, 0.25) is 0 Å². The van der Waals surface area contributed by atoms with Gasteiger partial charge in [0, 0.05) is 28.3 Å². The standard InChI is InChI=1S/C21H20O3/c1-13-6-8-14(9-7-13)24-15-10-11-18-19(12-15)21(23)17-5-3-2-4-16(17)20(18)22/h2-9,15,22-23H,10-12H2,1H3. The van der Waals surface area contributed by atoms with E-state index in [0.717, 1.165) is 23.3 Å². The van der Waals surface area contributed by atoms with Gasteiger partial charge >= 0.3 is 0 Å². The van der Waals surface area contributed by atoms with Crippen molar-refractivity contribution in [1.29, 1.82) is 0 Å². The molecule has 3 aromatic rings. The van der Waals surface area contributed by atoms with Gasteiger partial charge in [0.1, 0.15) is 23.4 Å². The summed E-state index contributed by atoms with van der Waals surface area (Å²) in [6, 6.07) is 15.4. The second kappa shape index (κ2) is 5.75. The average Bonchev–Trinajstić information content (AvgIpc) is 2.62. The minimum absolute atomic E-state index is 0.00617. The zero-order chi connectivity index (χ0) is 16.7. The molecule has 1 aliphatic rings. The topological polar surface area (TPSA) is 49.7 Å². The third kappa shape index (κ3) is 2.46. The highest BCUT2D eigenvalue weighted by molar-refractivity contribution is 5.95. The van der Waals surface area contributed by atoms with Crippen molar-refractivity contribution < 1.29 is 14.9 Å². The first-order valence-electron chi connectivity index (χ1n) is 8.31. The van der Waals surface area contributed by atoms with E-state index in [1.807, 2.05) is 55.5 Å². The average molecular weight is 320 g/mol. The first-order valence-corrected chi connectivity index (χ1v) is 8.31. The number of ether oxygens (including phenoxy) is 1. The van der Waals surface area contributed by atoms with Crippen LogP contribution in [0, 0.1) is 6.92 Å². The van der Waals surface area contributed by atoms with Crippen molar-refractivity contribution in [2.45, 2.75) is 32.3 Å². The minimum atomic E-state index is 0.00617. The normalized spacial score (nSPS) is 16.8. The van der Waals surface area contributed by atoms with Crippen LogP contribution in [0.5, 0.6) is 17.2 Å². The highest BCUT2D eigenvalue weighted by atomic mass is 16.5. The number of phenols is 2. The van der Waals surface area contributed by atoms with Crippen molar-refractivity contribution in [2.24, 2.45) is 0 Å². The molecule has 1 atom stereocenters. The van der Waals surface area contributed by atoms with Gasteiger partial charge in [-0.15, -0.1) is 0 Å². The number of hydrogen-bond donors (Lipinski definition) is 2. The molecule has 0 fully saturated rings. The SMILES string of the molecule is Cc1ccc(OC2CCc3c(c(O)c4ccccc4c3O)C2)cc1. The van der Waals surface area contributed by atoms with E-state index in [4.69, 9.17) is 4.74 Å². The lowest BCUT2D eigenvalue weighted by Crippen LogP contribution is -2.25. The molecule has 3 heteroatoms. The molecule has 0 amide bonds. The predicted octanol–water partition coefficient (Wildman–Crippen LogP) is 4.50. The van der Waals surface area contributed by atoms with Crippen molar-refractivity contribution in [3.8, 4) is 17.2 Å². The Bertz CT molecular complexity index is 897. The summed E-state index contributed by atoms with van der Waals surface area (Å²) in [5.41, 5.74) is 2.87. The molecule has 1 unspecified atom stereocenters. The maximum Gasteiger partial charge on any atom is 0.127 e. The molecule has 1 aliphatic carbocycles. The second-order valence-electron chi connectivity index (χ2n) is 6.50. The molecule has 24 heavy (non-hydrogen) atoms. The monoisotopic (exact) mass is 320 g/mol. The summed E-state index contributed by atoms with van der Waals surface area (Å²) in [6.45, 7) is 2.05. The van der Waals surface area contributed by atoms with Gasteiger partial charge in [0.2, 0.25) is 0 Å². The van der Waals surface area contributed by atoms with E-state index in [1.165, 1.54) is 5.56 Å². The van der Waals surface area contributed by atoms with Crippen LogP contribution in [0.4, 0.5) is 0 Å². The van der Waals surface area contributed by atoms with Crippen LogP contribution in [-0.4, -0.2) is 16.3 Å². The van der Waals surface area contributed by atoms with E-state index in [2.05, 4.69) is 0 Å². The van der Waals surface area contributed by atoms with Gasteiger partial charge in [-0.1, -0.05) is 42.0 Å². The van der Waals surface area contributed by atoms with Gasteiger partial charge in [0.25, 0.3) is 0 Å². The van der Waals surface area contributed by atoms with Crippen LogP contribution < -0.4 is 4.74 Å². The zero-order valence-electron chi connectivity index (χ0n) is 13.6. The fourth-order valence-electron chi connectivity index (χ4n) is 3.54. The molecular formula is C21H20O3. The molecule has 3 nitrogen and oxygen atoms in total. The Balaban J connectivity index is 1.68. The number of aromatic hydroxyl groups is 2. The molecule has 0 aromatic heterocycles. The first kappa shape index (κ1) is 14.9. The van der Waals surface area contributed by atoms with Gasteiger partial charge in [-0.2, -0.15) is 0 Å². The third-order valence-corrected chi connectivity index (χ3v) is 4.85. The summed E-state index contributed by atoms with van der Waals surface area (Å²) in [7, 11) is 0. The fourth-order valence-corrected chi connectivity index (χ4v) is 3.54. The molecule has 0 saturated carbocycles. The van der Waals surface area contributed by atoms with Gasteiger partial charge < -0.3 is 14.9 Å². The molecule has 4 rings (SSSR count). The first-order chi connectivity index (χ1) is 11.6. The molecule has 0 aliphatic heterocycles. The maximum absolute atomic E-state index is 10.7. The summed E-state index contributed by atoms with van der Waals surface area (Å²) >= 11 is 0. The summed E-state index contributed by atoms with van der Waals surface area (Å²) in [6.07, 6.45) is 2.14. The molecular weight excluding hydrogens is 300 g/mol. The molecule has 0 bridgehead atoms. The van der Waals surface area contributed by atoms with E-state index in [-0.39, 0.29) is 11.9 Å². The Morgan fingerprint density at radius 2 is 1.50 bits per heavy atom. The second-order valence-corrected chi connectivity index (χ2v) is 6.50. The van der Waals surface area contributed by atoms with Gasteiger partial charge in [0.05, 0.1) is 0 Å². The lowest BCUT2D eigenvalue weighted by Gasteiger charge is -2.27. The third-order valence-electron chi connectivity index (χ3n) is 4.85. The number of hydrogen-bond acceptors (Lipinski definition) is 3. The highest BCUT2D eigenvalue weighted by Crippen LogP contribution is 2.43. The Labute approximate surface area is 141 Å². The van der Waals surface area contributed by atoms with Gasteiger partial charge in [-0.05, 0) is 31.9 Å². The van der Waals surface area contributed by atoms with E-state index in [1.54, 1.807) is 0 Å². The van der Waals surface area contributed by atoms with Crippen molar-refractivity contribution >= 4 is 10.8 Å². The number of aryl methyl sites for hydroxylation is 1. The van der Waals surface area contributed by atoms with Crippen LogP contribution in [0.3, 0.4) is 0 Å². The Kier molecular flexibility index (Phi) is 3.57. The molecule has 0 saturated heterocycles. The van der Waals surface area contributed by atoms with Crippen LogP contribution in [0.25, 0.3) is 10.8 Å². The highest BCUT2D eigenvalue weighted by Gasteiger charge is 2.27. The van der Waals surface area contributed by atoms with E-state index >= 15 is 0 Å². The van der Waals surface area contributed by atoms with Crippen molar-refractivity contribution in [2.75, 3.05) is 0 Å². The van der Waals surface area contributed by atoms with Crippen molar-refractivity contribution in [3.63, 3.8) is 0 Å². The predicted molar refractivity (Wildman–Crippen MR) is 94.9 cm³/mol.